The van der Waals surface area contributed by atoms with Crippen LogP contribution in [0.25, 0.3) is 0 Å². The third kappa shape index (κ3) is 3.25. The number of amides is 1. The van der Waals surface area contributed by atoms with Crippen molar-refractivity contribution in [1.82, 2.24) is 20.1 Å². The smallest absolute Gasteiger partial charge is 0.251 e. The summed E-state index contributed by atoms with van der Waals surface area (Å²) in [4.78, 5) is 11.7. The van der Waals surface area contributed by atoms with Gasteiger partial charge in [-0.05, 0) is 36.5 Å². The topological polar surface area (TPSA) is 62.7 Å². The number of nitrogens with one attached hydrogen (secondary N) is 2. The Morgan fingerprint density at radius 2 is 2.16 bits per heavy atom. The van der Waals surface area contributed by atoms with Crippen molar-refractivity contribution in [2.24, 2.45) is 7.05 Å². The molecule has 0 aliphatic carbocycles. The zero-order valence-corrected chi connectivity index (χ0v) is 11.1. The standard InChI is InChI=1S/C12H13FN4OS/c1-17-10(15-16-12(17)19)6-7-14-11(18)8-2-4-9(13)5-3-8/h2-5H,6-7H2,1H3,(H,14,18)(H,16,19). The average molecular weight is 280 g/mol. The second-order valence-electron chi connectivity index (χ2n) is 4.02. The fraction of sp³-hybridized carbons (Fsp3) is 0.250. The molecule has 19 heavy (non-hydrogen) atoms. The molecule has 1 heterocycles. The molecule has 0 radical (unpaired) electrons. The maximum atomic E-state index is 12.7. The molecule has 1 aromatic carbocycles. The van der Waals surface area contributed by atoms with Gasteiger partial charge in [-0.3, -0.25) is 9.89 Å². The van der Waals surface area contributed by atoms with E-state index in [9.17, 15) is 9.18 Å². The molecule has 0 aliphatic rings. The van der Waals surface area contributed by atoms with Crippen LogP contribution in [0.5, 0.6) is 0 Å². The molecule has 1 aromatic heterocycles. The van der Waals surface area contributed by atoms with E-state index >= 15 is 0 Å². The van der Waals surface area contributed by atoms with Gasteiger partial charge in [0.05, 0.1) is 0 Å². The first-order chi connectivity index (χ1) is 9.08. The van der Waals surface area contributed by atoms with Crippen LogP contribution in [0.15, 0.2) is 24.3 Å². The molecule has 0 bridgehead atoms. The fourth-order valence-corrected chi connectivity index (χ4v) is 1.75. The number of carbonyl (C=O) groups is 1. The van der Waals surface area contributed by atoms with Gasteiger partial charge in [0.1, 0.15) is 11.6 Å². The van der Waals surface area contributed by atoms with Crippen LogP contribution in [0.3, 0.4) is 0 Å². The highest BCUT2D eigenvalue weighted by atomic mass is 32.1. The summed E-state index contributed by atoms with van der Waals surface area (Å²) in [5, 5.41) is 9.46. The Morgan fingerprint density at radius 1 is 1.47 bits per heavy atom. The number of hydrogen-bond acceptors (Lipinski definition) is 3. The minimum absolute atomic E-state index is 0.239. The van der Waals surface area contributed by atoms with Crippen LogP contribution in [-0.2, 0) is 13.5 Å². The number of hydrogen-bond donors (Lipinski definition) is 2. The summed E-state index contributed by atoms with van der Waals surface area (Å²) >= 11 is 4.99. The van der Waals surface area contributed by atoms with E-state index in [1.54, 1.807) is 4.57 Å². The zero-order chi connectivity index (χ0) is 13.8. The first kappa shape index (κ1) is 13.4. The van der Waals surface area contributed by atoms with Crippen molar-refractivity contribution >= 4 is 18.1 Å². The van der Waals surface area contributed by atoms with Crippen LogP contribution in [0.4, 0.5) is 4.39 Å². The lowest BCUT2D eigenvalue weighted by molar-refractivity contribution is 0.0954. The Morgan fingerprint density at radius 3 is 2.74 bits per heavy atom. The van der Waals surface area contributed by atoms with E-state index in [1.165, 1.54) is 24.3 Å². The molecular weight excluding hydrogens is 267 g/mol. The molecule has 100 valence electrons. The summed E-state index contributed by atoms with van der Waals surface area (Å²) in [5.74, 6) is 0.166. The van der Waals surface area contributed by atoms with Crippen LogP contribution in [0.2, 0.25) is 0 Å². The summed E-state index contributed by atoms with van der Waals surface area (Å²) in [6.07, 6.45) is 0.566. The van der Waals surface area contributed by atoms with E-state index in [4.69, 9.17) is 12.2 Å². The van der Waals surface area contributed by atoms with Crippen LogP contribution < -0.4 is 5.32 Å². The van der Waals surface area contributed by atoms with Crippen LogP contribution in [0, 0.1) is 10.6 Å². The van der Waals surface area contributed by atoms with Crippen molar-refractivity contribution < 1.29 is 9.18 Å². The Bertz CT molecular complexity index is 632. The van der Waals surface area contributed by atoms with Gasteiger partial charge in [0, 0.05) is 25.6 Å². The molecule has 5 nitrogen and oxygen atoms in total. The second kappa shape index (κ2) is 5.75. The van der Waals surface area contributed by atoms with Gasteiger partial charge >= 0.3 is 0 Å². The number of rotatable bonds is 4. The molecule has 1 amide bonds. The Balaban J connectivity index is 1.89. The van der Waals surface area contributed by atoms with Gasteiger partial charge in [-0.2, -0.15) is 5.10 Å². The van der Waals surface area contributed by atoms with E-state index in [0.717, 1.165) is 5.82 Å². The molecular formula is C12H13FN4OS. The largest absolute Gasteiger partial charge is 0.352 e. The third-order valence-corrected chi connectivity index (χ3v) is 3.08. The number of nitrogens with zero attached hydrogens (tertiary/aromatic N) is 2. The molecule has 0 saturated carbocycles. The predicted octanol–water partition coefficient (Wildman–Crippen LogP) is 1.59. The minimum Gasteiger partial charge on any atom is -0.352 e. The van der Waals surface area contributed by atoms with Gasteiger partial charge in [-0.25, -0.2) is 4.39 Å². The molecule has 7 heteroatoms. The highest BCUT2D eigenvalue weighted by Crippen LogP contribution is 2.02. The molecule has 0 saturated heterocycles. The van der Waals surface area contributed by atoms with E-state index in [-0.39, 0.29) is 11.7 Å². The summed E-state index contributed by atoms with van der Waals surface area (Å²) < 4.78 is 15.0. The molecule has 2 N–H and O–H groups in total. The van der Waals surface area contributed by atoms with Gasteiger partial charge < -0.3 is 9.88 Å². The van der Waals surface area contributed by atoms with Crippen molar-refractivity contribution in [2.75, 3.05) is 6.54 Å². The summed E-state index contributed by atoms with van der Waals surface area (Å²) in [7, 11) is 1.81. The highest BCUT2D eigenvalue weighted by molar-refractivity contribution is 7.71. The average Bonchev–Trinajstić information content (AvgIpc) is 2.71. The zero-order valence-electron chi connectivity index (χ0n) is 10.3. The monoisotopic (exact) mass is 280 g/mol. The third-order valence-electron chi connectivity index (χ3n) is 2.71. The summed E-state index contributed by atoms with van der Waals surface area (Å²) in [6.45, 7) is 0.434. The van der Waals surface area contributed by atoms with Crippen molar-refractivity contribution in [2.45, 2.75) is 6.42 Å². The fourth-order valence-electron chi connectivity index (χ4n) is 1.59. The van der Waals surface area contributed by atoms with E-state index in [0.29, 0.717) is 23.3 Å². The van der Waals surface area contributed by atoms with Crippen LogP contribution in [-0.4, -0.2) is 27.2 Å². The van der Waals surface area contributed by atoms with Gasteiger partial charge in [-0.15, -0.1) is 0 Å². The summed E-state index contributed by atoms with van der Waals surface area (Å²) in [5.41, 5.74) is 0.428. The maximum Gasteiger partial charge on any atom is 0.251 e. The van der Waals surface area contributed by atoms with Crippen molar-refractivity contribution in [3.8, 4) is 0 Å². The molecule has 0 spiro atoms. The second-order valence-corrected chi connectivity index (χ2v) is 4.40. The number of carbonyl (C=O) groups excluding carboxylic acids is 1. The van der Waals surface area contributed by atoms with E-state index in [1.807, 2.05) is 7.05 Å². The van der Waals surface area contributed by atoms with Gasteiger partial charge in [-0.1, -0.05) is 0 Å². The quantitative estimate of drug-likeness (QED) is 0.836. The molecule has 2 aromatic rings. The number of halogens is 1. The van der Waals surface area contributed by atoms with Gasteiger partial charge in [0.15, 0.2) is 4.77 Å². The molecule has 0 atom stereocenters. The number of benzene rings is 1. The van der Waals surface area contributed by atoms with E-state index in [2.05, 4.69) is 15.5 Å². The normalized spacial score (nSPS) is 10.4. The van der Waals surface area contributed by atoms with E-state index < -0.39 is 0 Å². The lowest BCUT2D eigenvalue weighted by atomic mass is 10.2. The number of aromatic nitrogens is 3. The molecule has 0 fully saturated rings. The van der Waals surface area contributed by atoms with Gasteiger partial charge in [0.2, 0.25) is 0 Å². The highest BCUT2D eigenvalue weighted by Gasteiger charge is 2.06. The Kier molecular flexibility index (Phi) is 4.06. The predicted molar refractivity (Wildman–Crippen MR) is 70.8 cm³/mol. The minimum atomic E-state index is -0.363. The number of aromatic amines is 1. The Hall–Kier alpha value is -2.02. The summed E-state index contributed by atoms with van der Waals surface area (Å²) in [6, 6.07) is 5.40. The van der Waals surface area contributed by atoms with Crippen LogP contribution >= 0.6 is 12.2 Å². The van der Waals surface area contributed by atoms with Crippen molar-refractivity contribution in [3.63, 3.8) is 0 Å². The van der Waals surface area contributed by atoms with Crippen molar-refractivity contribution in [1.29, 1.82) is 0 Å². The van der Waals surface area contributed by atoms with Gasteiger partial charge in [0.25, 0.3) is 5.91 Å². The lowest BCUT2D eigenvalue weighted by Gasteiger charge is -2.04. The van der Waals surface area contributed by atoms with Crippen LogP contribution in [0.1, 0.15) is 16.2 Å². The SMILES string of the molecule is Cn1c(CCNC(=O)c2ccc(F)cc2)n[nH]c1=S. The molecule has 2 rings (SSSR count). The Labute approximate surface area is 114 Å². The lowest BCUT2D eigenvalue weighted by Crippen LogP contribution is -2.26. The number of H-pyrrole nitrogens is 1. The first-order valence-corrected chi connectivity index (χ1v) is 6.13. The van der Waals surface area contributed by atoms with Crippen molar-refractivity contribution in [3.05, 3.63) is 46.2 Å². The maximum absolute atomic E-state index is 12.7. The molecule has 0 aliphatic heterocycles. The first-order valence-electron chi connectivity index (χ1n) is 5.72. The molecule has 0 unspecified atom stereocenters.